The Kier molecular flexibility index (Phi) is 6.05. The Balaban J connectivity index is 1.59. The molecule has 0 spiro atoms. The van der Waals surface area contributed by atoms with Gasteiger partial charge in [0.15, 0.2) is 0 Å². The summed E-state index contributed by atoms with van der Waals surface area (Å²) in [5.74, 6) is 0.934. The van der Waals surface area contributed by atoms with E-state index in [0.29, 0.717) is 41.4 Å². The number of fused-ring (bicyclic) bond motifs is 1. The minimum atomic E-state index is -3.71. The number of methoxy groups -OCH3 is 2. The molecule has 1 N–H and O–H groups in total. The van der Waals surface area contributed by atoms with Gasteiger partial charge in [-0.2, -0.15) is 0 Å². The molecule has 0 atom stereocenters. The van der Waals surface area contributed by atoms with E-state index in [2.05, 4.69) is 5.32 Å². The predicted molar refractivity (Wildman–Crippen MR) is 123 cm³/mol. The van der Waals surface area contributed by atoms with Crippen molar-refractivity contribution in [2.75, 3.05) is 30.4 Å². The molecule has 0 aliphatic carbocycles. The Hall–Kier alpha value is -3.52. The third-order valence-corrected chi connectivity index (χ3v) is 7.22. The zero-order valence-corrected chi connectivity index (χ0v) is 18.7. The lowest BCUT2D eigenvalue weighted by Crippen LogP contribution is -2.35. The number of carbonyl (C=O) groups is 1. The van der Waals surface area contributed by atoms with Crippen molar-refractivity contribution in [2.24, 2.45) is 0 Å². The summed E-state index contributed by atoms with van der Waals surface area (Å²) in [5, 5.41) is 2.88. The maximum atomic E-state index is 13.3. The van der Waals surface area contributed by atoms with Crippen LogP contribution in [0.1, 0.15) is 22.3 Å². The lowest BCUT2D eigenvalue weighted by molar-refractivity contribution is 0.102. The van der Waals surface area contributed by atoms with E-state index in [1.807, 2.05) is 6.07 Å². The third kappa shape index (κ3) is 4.27. The second kappa shape index (κ2) is 8.92. The standard InChI is InChI=1S/C24H24N2O5S/c1-30-20-9-11-22(12-10-20)32(28,29)26-14-4-6-17-15-19(8-13-23(17)26)25-24(27)18-5-3-7-21(16-18)31-2/h3,5,7-13,15-16H,4,6,14H2,1-2H3,(H,25,27). The highest BCUT2D eigenvalue weighted by Crippen LogP contribution is 2.34. The molecule has 1 aliphatic heterocycles. The average Bonchev–Trinajstić information content (AvgIpc) is 2.83. The molecule has 0 bridgehead atoms. The molecule has 0 unspecified atom stereocenters. The van der Waals surface area contributed by atoms with Gasteiger partial charge in [0.2, 0.25) is 0 Å². The number of aryl methyl sites for hydroxylation is 1. The van der Waals surface area contributed by atoms with Gasteiger partial charge in [0.1, 0.15) is 11.5 Å². The normalized spacial score (nSPS) is 13.2. The van der Waals surface area contributed by atoms with Crippen LogP contribution in [0.5, 0.6) is 11.5 Å². The monoisotopic (exact) mass is 452 g/mol. The van der Waals surface area contributed by atoms with Gasteiger partial charge in [0.05, 0.1) is 24.8 Å². The first-order valence-electron chi connectivity index (χ1n) is 10.2. The number of hydrogen-bond acceptors (Lipinski definition) is 5. The van der Waals surface area contributed by atoms with Crippen molar-refractivity contribution in [1.29, 1.82) is 0 Å². The molecule has 3 aromatic carbocycles. The van der Waals surface area contributed by atoms with Crippen LogP contribution in [0.25, 0.3) is 0 Å². The van der Waals surface area contributed by atoms with E-state index in [1.165, 1.54) is 11.4 Å². The number of amides is 1. The van der Waals surface area contributed by atoms with E-state index >= 15 is 0 Å². The molecule has 0 aromatic heterocycles. The Morgan fingerprint density at radius 2 is 1.69 bits per heavy atom. The summed E-state index contributed by atoms with van der Waals surface area (Å²) in [6, 6.07) is 18.6. The Labute approximate surface area is 187 Å². The van der Waals surface area contributed by atoms with E-state index in [4.69, 9.17) is 9.47 Å². The number of carbonyl (C=O) groups excluding carboxylic acids is 1. The summed E-state index contributed by atoms with van der Waals surface area (Å²) in [6.07, 6.45) is 1.42. The minimum absolute atomic E-state index is 0.210. The van der Waals surface area contributed by atoms with Crippen molar-refractivity contribution >= 4 is 27.3 Å². The molecule has 1 heterocycles. The number of hydrogen-bond donors (Lipinski definition) is 1. The highest BCUT2D eigenvalue weighted by molar-refractivity contribution is 7.92. The Morgan fingerprint density at radius 1 is 0.938 bits per heavy atom. The lowest BCUT2D eigenvalue weighted by Gasteiger charge is -2.31. The summed E-state index contributed by atoms with van der Waals surface area (Å²) in [7, 11) is -0.626. The number of benzene rings is 3. The van der Waals surface area contributed by atoms with E-state index in [1.54, 1.807) is 67.8 Å². The highest BCUT2D eigenvalue weighted by Gasteiger charge is 2.29. The summed E-state index contributed by atoms with van der Waals surface area (Å²) in [4.78, 5) is 12.8. The summed E-state index contributed by atoms with van der Waals surface area (Å²) >= 11 is 0. The molecule has 1 aliphatic rings. The van der Waals surface area contributed by atoms with Gasteiger partial charge in [-0.05, 0) is 79.1 Å². The van der Waals surface area contributed by atoms with Gasteiger partial charge in [-0.25, -0.2) is 8.42 Å². The highest BCUT2D eigenvalue weighted by atomic mass is 32.2. The molecule has 4 rings (SSSR count). The van der Waals surface area contributed by atoms with E-state index in [0.717, 1.165) is 12.0 Å². The molecule has 3 aromatic rings. The number of nitrogens with zero attached hydrogens (tertiary/aromatic N) is 1. The van der Waals surface area contributed by atoms with Crippen LogP contribution in [0.4, 0.5) is 11.4 Å². The van der Waals surface area contributed by atoms with Crippen molar-refractivity contribution < 1.29 is 22.7 Å². The molecule has 32 heavy (non-hydrogen) atoms. The molecular weight excluding hydrogens is 428 g/mol. The van der Waals surface area contributed by atoms with Crippen LogP contribution in [0.3, 0.4) is 0 Å². The van der Waals surface area contributed by atoms with Gasteiger partial charge < -0.3 is 14.8 Å². The fourth-order valence-electron chi connectivity index (χ4n) is 3.73. The van der Waals surface area contributed by atoms with Crippen molar-refractivity contribution in [3.05, 3.63) is 77.9 Å². The molecule has 8 heteroatoms. The van der Waals surface area contributed by atoms with Crippen LogP contribution in [0.15, 0.2) is 71.6 Å². The van der Waals surface area contributed by atoms with Gasteiger partial charge in [0, 0.05) is 17.8 Å². The van der Waals surface area contributed by atoms with Crippen LogP contribution in [-0.2, 0) is 16.4 Å². The number of anilines is 2. The largest absolute Gasteiger partial charge is 0.497 e. The number of rotatable bonds is 6. The van der Waals surface area contributed by atoms with Crippen molar-refractivity contribution in [3.8, 4) is 11.5 Å². The van der Waals surface area contributed by atoms with Gasteiger partial charge >= 0.3 is 0 Å². The second-order valence-corrected chi connectivity index (χ2v) is 9.25. The van der Waals surface area contributed by atoms with Crippen LogP contribution in [0.2, 0.25) is 0 Å². The van der Waals surface area contributed by atoms with Crippen molar-refractivity contribution in [2.45, 2.75) is 17.7 Å². The maximum Gasteiger partial charge on any atom is 0.264 e. The molecule has 0 saturated carbocycles. The smallest absolute Gasteiger partial charge is 0.264 e. The maximum absolute atomic E-state index is 13.3. The summed E-state index contributed by atoms with van der Waals surface area (Å²) < 4.78 is 38.3. The topological polar surface area (TPSA) is 84.9 Å². The quantitative estimate of drug-likeness (QED) is 0.609. The molecule has 0 radical (unpaired) electrons. The first-order valence-corrected chi connectivity index (χ1v) is 11.6. The molecule has 0 saturated heterocycles. The third-order valence-electron chi connectivity index (χ3n) is 5.39. The summed E-state index contributed by atoms with van der Waals surface area (Å²) in [6.45, 7) is 0.400. The average molecular weight is 453 g/mol. The van der Waals surface area contributed by atoms with Crippen LogP contribution < -0.4 is 19.1 Å². The Morgan fingerprint density at radius 3 is 2.41 bits per heavy atom. The second-order valence-electron chi connectivity index (χ2n) is 7.39. The van der Waals surface area contributed by atoms with E-state index in [-0.39, 0.29) is 10.8 Å². The van der Waals surface area contributed by atoms with E-state index in [9.17, 15) is 13.2 Å². The lowest BCUT2D eigenvalue weighted by atomic mass is 10.0. The number of nitrogens with one attached hydrogen (secondary N) is 1. The first-order chi connectivity index (χ1) is 15.4. The zero-order valence-electron chi connectivity index (χ0n) is 17.9. The van der Waals surface area contributed by atoms with Gasteiger partial charge in [-0.15, -0.1) is 0 Å². The van der Waals surface area contributed by atoms with Gasteiger partial charge in [-0.3, -0.25) is 9.10 Å². The molecule has 7 nitrogen and oxygen atoms in total. The molecule has 1 amide bonds. The van der Waals surface area contributed by atoms with Crippen LogP contribution in [-0.4, -0.2) is 35.1 Å². The number of sulfonamides is 1. The SMILES string of the molecule is COc1ccc(S(=O)(=O)N2CCCc3cc(NC(=O)c4cccc(OC)c4)ccc32)cc1. The van der Waals surface area contributed by atoms with Gasteiger partial charge in [0.25, 0.3) is 15.9 Å². The van der Waals surface area contributed by atoms with Gasteiger partial charge in [-0.1, -0.05) is 6.07 Å². The number of ether oxygens (including phenoxy) is 2. The zero-order chi connectivity index (χ0) is 22.7. The van der Waals surface area contributed by atoms with Crippen LogP contribution in [0, 0.1) is 0 Å². The Bertz CT molecular complexity index is 1240. The molecular formula is C24H24N2O5S. The minimum Gasteiger partial charge on any atom is -0.497 e. The first kappa shape index (κ1) is 21.7. The molecule has 166 valence electrons. The van der Waals surface area contributed by atoms with Crippen LogP contribution >= 0.6 is 0 Å². The summed E-state index contributed by atoms with van der Waals surface area (Å²) in [5.41, 5.74) is 2.59. The van der Waals surface area contributed by atoms with E-state index < -0.39 is 10.0 Å². The predicted octanol–water partition coefficient (Wildman–Crippen LogP) is 4.10. The molecule has 0 fully saturated rings. The fourth-order valence-corrected chi connectivity index (χ4v) is 5.27. The van der Waals surface area contributed by atoms with Crippen molar-refractivity contribution in [3.63, 3.8) is 0 Å². The fraction of sp³-hybridized carbons (Fsp3) is 0.208. The van der Waals surface area contributed by atoms with Crippen molar-refractivity contribution in [1.82, 2.24) is 0 Å².